The van der Waals surface area contributed by atoms with E-state index >= 15 is 0 Å². The van der Waals surface area contributed by atoms with Crippen molar-refractivity contribution in [3.05, 3.63) is 59.7 Å². The summed E-state index contributed by atoms with van der Waals surface area (Å²) in [5, 5.41) is 21.2. The number of benzene rings is 2. The molecule has 132 valence electrons. The predicted molar refractivity (Wildman–Crippen MR) is 103 cm³/mol. The van der Waals surface area contributed by atoms with Gasteiger partial charge in [0, 0.05) is 35.6 Å². The van der Waals surface area contributed by atoms with Gasteiger partial charge in [-0.15, -0.1) is 0 Å². The highest BCUT2D eigenvalue weighted by molar-refractivity contribution is 5.95. The van der Waals surface area contributed by atoms with Crippen LogP contribution < -0.4 is 22.1 Å². The molecule has 0 spiro atoms. The summed E-state index contributed by atoms with van der Waals surface area (Å²) in [6.07, 6.45) is 0. The van der Waals surface area contributed by atoms with E-state index in [-0.39, 0.29) is 11.7 Å². The Morgan fingerprint density at radius 3 is 1.40 bits per heavy atom. The number of amidine groups is 2. The standard InChI is InChI=1S/C18H24N6O/c19-17(20)13-1-5-15(6-2-13)23-9-11-25-12-10-24-16-7-3-14(4-8-16)18(21)22/h1-8,23-24H,9-12H2,(H3,19,20)(H3,21,22). The molecule has 0 radical (unpaired) electrons. The number of nitrogens with two attached hydrogens (primary N) is 2. The van der Waals surface area contributed by atoms with Gasteiger partial charge in [0.25, 0.3) is 0 Å². The second-order valence-electron chi connectivity index (χ2n) is 5.45. The lowest BCUT2D eigenvalue weighted by atomic mass is 10.2. The molecule has 0 bridgehead atoms. The molecule has 8 N–H and O–H groups in total. The van der Waals surface area contributed by atoms with Crippen molar-refractivity contribution in [1.82, 2.24) is 0 Å². The summed E-state index contributed by atoms with van der Waals surface area (Å²) in [5.74, 6) is 0.136. The smallest absolute Gasteiger partial charge is 0.122 e. The molecule has 2 aromatic carbocycles. The Morgan fingerprint density at radius 2 is 1.08 bits per heavy atom. The Kier molecular flexibility index (Phi) is 6.79. The first kappa shape index (κ1) is 18.3. The molecule has 0 aromatic heterocycles. The summed E-state index contributed by atoms with van der Waals surface area (Å²) in [6.45, 7) is 2.60. The minimum absolute atomic E-state index is 0.0679. The van der Waals surface area contributed by atoms with Crippen LogP contribution in [0.15, 0.2) is 48.5 Å². The van der Waals surface area contributed by atoms with Crippen LogP contribution in [-0.4, -0.2) is 38.0 Å². The van der Waals surface area contributed by atoms with Crippen LogP contribution in [0.4, 0.5) is 11.4 Å². The minimum Gasteiger partial charge on any atom is -0.384 e. The highest BCUT2D eigenvalue weighted by Crippen LogP contribution is 2.09. The number of rotatable bonds is 10. The Balaban J connectivity index is 1.57. The maximum Gasteiger partial charge on any atom is 0.122 e. The van der Waals surface area contributed by atoms with Gasteiger partial charge >= 0.3 is 0 Å². The molecule has 2 rings (SSSR count). The molecule has 0 unspecified atom stereocenters. The molecule has 0 heterocycles. The van der Waals surface area contributed by atoms with Crippen LogP contribution in [0.5, 0.6) is 0 Å². The van der Waals surface area contributed by atoms with Gasteiger partial charge in [-0.25, -0.2) is 0 Å². The second kappa shape index (κ2) is 9.29. The van der Waals surface area contributed by atoms with E-state index in [0.717, 1.165) is 11.4 Å². The Morgan fingerprint density at radius 1 is 0.720 bits per heavy atom. The van der Waals surface area contributed by atoms with Gasteiger partial charge in [-0.3, -0.25) is 10.8 Å². The van der Waals surface area contributed by atoms with E-state index < -0.39 is 0 Å². The minimum atomic E-state index is 0.0679. The van der Waals surface area contributed by atoms with Crippen molar-refractivity contribution in [1.29, 1.82) is 10.8 Å². The third-order valence-corrected chi connectivity index (χ3v) is 3.54. The van der Waals surface area contributed by atoms with Crippen molar-refractivity contribution in [2.24, 2.45) is 11.5 Å². The van der Waals surface area contributed by atoms with E-state index in [9.17, 15) is 0 Å². The van der Waals surface area contributed by atoms with Crippen molar-refractivity contribution in [2.75, 3.05) is 36.9 Å². The first-order chi connectivity index (χ1) is 12.1. The van der Waals surface area contributed by atoms with Gasteiger partial charge in [0.05, 0.1) is 13.2 Å². The average Bonchev–Trinajstić information content (AvgIpc) is 2.61. The third kappa shape index (κ3) is 6.15. The van der Waals surface area contributed by atoms with Gasteiger partial charge in [0.2, 0.25) is 0 Å². The number of hydrogen-bond donors (Lipinski definition) is 6. The molecule has 0 amide bonds. The predicted octanol–water partition coefficient (Wildman–Crippen LogP) is 1.80. The van der Waals surface area contributed by atoms with Crippen LogP contribution in [0, 0.1) is 10.8 Å². The van der Waals surface area contributed by atoms with Crippen molar-refractivity contribution in [3.8, 4) is 0 Å². The third-order valence-electron chi connectivity index (χ3n) is 3.54. The molecule has 0 aliphatic heterocycles. The topological polar surface area (TPSA) is 133 Å². The zero-order valence-corrected chi connectivity index (χ0v) is 14.0. The van der Waals surface area contributed by atoms with Crippen LogP contribution in [0.3, 0.4) is 0 Å². The molecule has 0 fully saturated rings. The lowest BCUT2D eigenvalue weighted by Gasteiger charge is -2.10. The Hall–Kier alpha value is -3.06. The Bertz CT molecular complexity index is 635. The summed E-state index contributed by atoms with van der Waals surface area (Å²) in [7, 11) is 0. The Labute approximate surface area is 147 Å². The van der Waals surface area contributed by atoms with Crippen LogP contribution in [0.25, 0.3) is 0 Å². The van der Waals surface area contributed by atoms with Crippen LogP contribution >= 0.6 is 0 Å². The summed E-state index contributed by atoms with van der Waals surface area (Å²) < 4.78 is 5.57. The maximum absolute atomic E-state index is 7.35. The van der Waals surface area contributed by atoms with E-state index in [0.29, 0.717) is 37.4 Å². The maximum atomic E-state index is 7.35. The number of nitrogen functional groups attached to an aromatic ring is 2. The lowest BCUT2D eigenvalue weighted by Crippen LogP contribution is -2.15. The van der Waals surface area contributed by atoms with E-state index in [1.165, 1.54) is 0 Å². The fourth-order valence-corrected chi connectivity index (χ4v) is 2.17. The summed E-state index contributed by atoms with van der Waals surface area (Å²) in [4.78, 5) is 0. The largest absolute Gasteiger partial charge is 0.384 e. The SMILES string of the molecule is N=C(N)c1ccc(NCCOCCNc2ccc(C(=N)N)cc2)cc1. The number of nitrogens with one attached hydrogen (secondary N) is 4. The van der Waals surface area contributed by atoms with Crippen LogP contribution in [-0.2, 0) is 4.74 Å². The van der Waals surface area contributed by atoms with E-state index in [4.69, 9.17) is 27.0 Å². The van der Waals surface area contributed by atoms with Crippen LogP contribution in [0.1, 0.15) is 11.1 Å². The number of anilines is 2. The molecule has 0 atom stereocenters. The van der Waals surface area contributed by atoms with Gasteiger partial charge in [0.1, 0.15) is 11.7 Å². The molecule has 0 saturated carbocycles. The molecule has 0 aliphatic carbocycles. The average molecular weight is 340 g/mol. The first-order valence-electron chi connectivity index (χ1n) is 8.00. The van der Waals surface area contributed by atoms with Crippen molar-refractivity contribution >= 4 is 23.0 Å². The van der Waals surface area contributed by atoms with Crippen molar-refractivity contribution in [2.45, 2.75) is 0 Å². The summed E-state index contributed by atoms with van der Waals surface area (Å²) >= 11 is 0. The number of hydrogen-bond acceptors (Lipinski definition) is 5. The summed E-state index contributed by atoms with van der Waals surface area (Å²) in [6, 6.07) is 14.8. The first-order valence-corrected chi connectivity index (χ1v) is 8.00. The van der Waals surface area contributed by atoms with E-state index in [2.05, 4.69) is 10.6 Å². The van der Waals surface area contributed by atoms with E-state index in [1.807, 2.05) is 48.5 Å². The molecular formula is C18H24N6O. The highest BCUT2D eigenvalue weighted by Gasteiger charge is 1.98. The van der Waals surface area contributed by atoms with Gasteiger partial charge in [-0.2, -0.15) is 0 Å². The van der Waals surface area contributed by atoms with Crippen molar-refractivity contribution in [3.63, 3.8) is 0 Å². The number of ether oxygens (including phenoxy) is 1. The molecule has 0 aliphatic rings. The van der Waals surface area contributed by atoms with Gasteiger partial charge in [-0.05, 0) is 48.5 Å². The van der Waals surface area contributed by atoms with Gasteiger partial charge in [0.15, 0.2) is 0 Å². The molecule has 0 saturated heterocycles. The summed E-state index contributed by atoms with van der Waals surface area (Å²) in [5.41, 5.74) is 14.2. The molecule has 2 aromatic rings. The quantitative estimate of drug-likeness (QED) is 0.223. The molecule has 7 nitrogen and oxygen atoms in total. The fraction of sp³-hybridized carbons (Fsp3) is 0.222. The van der Waals surface area contributed by atoms with Crippen LogP contribution in [0.2, 0.25) is 0 Å². The molecular weight excluding hydrogens is 316 g/mol. The van der Waals surface area contributed by atoms with E-state index in [1.54, 1.807) is 0 Å². The lowest BCUT2D eigenvalue weighted by molar-refractivity contribution is 0.154. The van der Waals surface area contributed by atoms with Gasteiger partial charge in [-0.1, -0.05) is 0 Å². The fourth-order valence-electron chi connectivity index (χ4n) is 2.17. The second-order valence-corrected chi connectivity index (χ2v) is 5.45. The molecule has 7 heteroatoms. The van der Waals surface area contributed by atoms with Gasteiger partial charge < -0.3 is 26.8 Å². The zero-order valence-electron chi connectivity index (χ0n) is 14.0. The zero-order chi connectivity index (χ0) is 18.1. The van der Waals surface area contributed by atoms with Crippen molar-refractivity contribution < 1.29 is 4.74 Å². The monoisotopic (exact) mass is 340 g/mol. The molecule has 25 heavy (non-hydrogen) atoms. The highest BCUT2D eigenvalue weighted by atomic mass is 16.5. The normalized spacial score (nSPS) is 10.2.